The molecule has 0 aromatic carbocycles. The first-order valence-corrected chi connectivity index (χ1v) is 13.7. The predicted molar refractivity (Wildman–Crippen MR) is 149 cm³/mol. The lowest BCUT2D eigenvalue weighted by molar-refractivity contribution is -0.0755. The number of nitrogens with two attached hydrogens (primary N) is 1. The Balaban J connectivity index is 0.00000176. The number of aromatic nitrogens is 1. The van der Waals surface area contributed by atoms with E-state index in [4.69, 9.17) is 15.5 Å². The van der Waals surface area contributed by atoms with Gasteiger partial charge in [0.05, 0.1) is 25.3 Å². The van der Waals surface area contributed by atoms with Gasteiger partial charge in [0.15, 0.2) is 0 Å². The van der Waals surface area contributed by atoms with Crippen LogP contribution in [0.2, 0.25) is 0 Å². The molecule has 0 spiro atoms. The van der Waals surface area contributed by atoms with Crippen molar-refractivity contribution in [1.82, 2.24) is 9.88 Å². The summed E-state index contributed by atoms with van der Waals surface area (Å²) in [6, 6.07) is 7.70. The molecule has 0 aliphatic carbocycles. The standard InChI is InChI=1S/C26H39N7O.C2H6/c1-4-20(15-27)12-23(29-3)30-24-13-21(14-25(31-24)33-9-5-6-19(33)2)26(18-28)7-10-32(11-8-26)22-16-34-17-22;1-2/h12-14,19,22H,4-11,16-18,28H2,1-3H3,(H,29,30,31);1-2H3/b20-12+;. The largest absolute Gasteiger partial charge is 0.378 e. The van der Waals surface area contributed by atoms with E-state index in [0.717, 1.165) is 57.3 Å². The molecule has 3 aliphatic rings. The molecule has 0 radical (unpaired) electrons. The maximum atomic E-state index is 9.37. The molecule has 1 aromatic heterocycles. The van der Waals surface area contributed by atoms with Gasteiger partial charge in [-0.25, -0.2) is 4.98 Å². The van der Waals surface area contributed by atoms with Crippen LogP contribution in [0.25, 0.3) is 0 Å². The second-order valence-corrected chi connectivity index (χ2v) is 9.86. The molecule has 1 unspecified atom stereocenters. The maximum Gasteiger partial charge on any atom is 0.134 e. The topological polar surface area (TPSA) is 103 Å². The molecule has 3 saturated heterocycles. The average molecular weight is 496 g/mol. The summed E-state index contributed by atoms with van der Waals surface area (Å²) in [5.74, 6) is 2.41. The van der Waals surface area contributed by atoms with E-state index in [1.807, 2.05) is 26.8 Å². The lowest BCUT2D eigenvalue weighted by Crippen LogP contribution is -2.55. The number of pyridine rings is 1. The van der Waals surface area contributed by atoms with Gasteiger partial charge in [-0.1, -0.05) is 20.8 Å². The zero-order valence-electron chi connectivity index (χ0n) is 22.9. The van der Waals surface area contributed by atoms with Gasteiger partial charge in [-0.2, -0.15) is 5.26 Å². The number of nitriles is 1. The van der Waals surface area contributed by atoms with Crippen molar-refractivity contribution in [2.45, 2.75) is 77.3 Å². The van der Waals surface area contributed by atoms with Gasteiger partial charge in [-0.05, 0) is 75.9 Å². The van der Waals surface area contributed by atoms with E-state index in [1.54, 1.807) is 7.05 Å². The summed E-state index contributed by atoms with van der Waals surface area (Å²) in [4.78, 5) is 14.3. The predicted octanol–water partition coefficient (Wildman–Crippen LogP) is 4.09. The number of hydrogen-bond acceptors (Lipinski definition) is 7. The van der Waals surface area contributed by atoms with E-state index in [1.165, 1.54) is 18.4 Å². The van der Waals surface area contributed by atoms with Gasteiger partial charge < -0.3 is 20.7 Å². The lowest BCUT2D eigenvalue weighted by atomic mass is 9.72. The Bertz CT molecular complexity index is 955. The normalized spacial score (nSPS) is 22.9. The Morgan fingerprint density at radius 1 is 1.31 bits per heavy atom. The Morgan fingerprint density at radius 3 is 2.53 bits per heavy atom. The van der Waals surface area contributed by atoms with Crippen LogP contribution in [-0.4, -0.2) is 74.2 Å². The van der Waals surface area contributed by atoms with Crippen LogP contribution in [0.4, 0.5) is 11.6 Å². The Labute approximate surface area is 217 Å². The van der Waals surface area contributed by atoms with Gasteiger partial charge in [0.2, 0.25) is 0 Å². The van der Waals surface area contributed by atoms with Crippen LogP contribution in [-0.2, 0) is 10.2 Å². The molecule has 36 heavy (non-hydrogen) atoms. The van der Waals surface area contributed by atoms with Crippen molar-refractivity contribution in [2.75, 3.05) is 56.7 Å². The van der Waals surface area contributed by atoms with Crippen LogP contribution in [0.5, 0.6) is 0 Å². The minimum atomic E-state index is -0.0707. The van der Waals surface area contributed by atoms with Crippen molar-refractivity contribution in [3.63, 3.8) is 0 Å². The first kappa shape index (κ1) is 28.1. The van der Waals surface area contributed by atoms with E-state index < -0.39 is 0 Å². The van der Waals surface area contributed by atoms with E-state index in [9.17, 15) is 5.26 Å². The molecule has 8 heteroatoms. The fourth-order valence-corrected chi connectivity index (χ4v) is 5.34. The minimum Gasteiger partial charge on any atom is -0.378 e. The quantitative estimate of drug-likeness (QED) is 0.334. The third-order valence-electron chi connectivity index (χ3n) is 7.89. The van der Waals surface area contributed by atoms with E-state index in [0.29, 0.717) is 36.5 Å². The number of likely N-dealkylation sites (tertiary alicyclic amines) is 1. The van der Waals surface area contributed by atoms with Crippen molar-refractivity contribution in [2.24, 2.45) is 10.7 Å². The fraction of sp³-hybridized carbons (Fsp3) is 0.679. The molecule has 4 heterocycles. The first-order chi connectivity index (χ1) is 17.5. The van der Waals surface area contributed by atoms with Gasteiger partial charge in [0.25, 0.3) is 0 Å². The second kappa shape index (κ2) is 13.2. The fourth-order valence-electron chi connectivity index (χ4n) is 5.34. The van der Waals surface area contributed by atoms with Gasteiger partial charge in [-0.15, -0.1) is 0 Å². The van der Waals surface area contributed by atoms with Crippen LogP contribution in [0.1, 0.15) is 65.4 Å². The lowest BCUT2D eigenvalue weighted by Gasteiger charge is -2.46. The second-order valence-electron chi connectivity index (χ2n) is 9.86. The number of allylic oxidation sites excluding steroid dienone is 1. The summed E-state index contributed by atoms with van der Waals surface area (Å²) < 4.78 is 5.42. The zero-order chi connectivity index (χ0) is 26.1. The Morgan fingerprint density at radius 2 is 2.03 bits per heavy atom. The molecule has 8 nitrogen and oxygen atoms in total. The number of amidine groups is 1. The number of rotatable bonds is 7. The highest BCUT2D eigenvalue weighted by Gasteiger charge is 2.39. The summed E-state index contributed by atoms with van der Waals surface area (Å²) >= 11 is 0. The number of nitrogens with zero attached hydrogens (tertiary/aromatic N) is 5. The molecule has 0 amide bonds. The maximum absolute atomic E-state index is 9.37. The summed E-state index contributed by atoms with van der Waals surface area (Å²) in [6.45, 7) is 13.7. The number of piperidine rings is 1. The molecule has 0 saturated carbocycles. The number of ether oxygens (including phenoxy) is 1. The summed E-state index contributed by atoms with van der Waals surface area (Å²) in [6.07, 6.45) is 6.90. The number of hydrogen-bond donors (Lipinski definition) is 2. The van der Waals surface area contributed by atoms with E-state index in [-0.39, 0.29) is 5.41 Å². The van der Waals surface area contributed by atoms with Crippen LogP contribution in [0.15, 0.2) is 28.8 Å². The average Bonchev–Trinajstić information content (AvgIpc) is 3.33. The molecular formula is C28H45N7O. The van der Waals surface area contributed by atoms with Crippen molar-refractivity contribution < 1.29 is 4.74 Å². The molecule has 4 rings (SSSR count). The third kappa shape index (κ3) is 6.26. The highest BCUT2D eigenvalue weighted by Crippen LogP contribution is 2.39. The molecule has 3 aliphatic heterocycles. The summed E-state index contributed by atoms with van der Waals surface area (Å²) in [5.41, 5.74) is 8.35. The molecule has 1 aromatic rings. The van der Waals surface area contributed by atoms with E-state index >= 15 is 0 Å². The Hall–Kier alpha value is -2.47. The SMILES string of the molecule is CC.CC/C(C#N)=C\C(=NC)Nc1cc(C2(CN)CCN(C3COC3)CC2)cc(N2CCCC2C)n1. The van der Waals surface area contributed by atoms with Crippen LogP contribution >= 0.6 is 0 Å². The first-order valence-electron chi connectivity index (χ1n) is 13.7. The van der Waals surface area contributed by atoms with Gasteiger partial charge in [-0.3, -0.25) is 9.89 Å². The molecule has 1 atom stereocenters. The molecule has 0 bridgehead atoms. The van der Waals surface area contributed by atoms with Crippen molar-refractivity contribution in [3.8, 4) is 6.07 Å². The minimum absolute atomic E-state index is 0.0707. The highest BCUT2D eigenvalue weighted by atomic mass is 16.5. The Kier molecular flexibility index (Phi) is 10.3. The van der Waals surface area contributed by atoms with E-state index in [2.05, 4.69) is 45.2 Å². The number of aliphatic imine (C=N–C) groups is 1. The molecule has 198 valence electrons. The van der Waals surface area contributed by atoms with Crippen LogP contribution in [0.3, 0.4) is 0 Å². The van der Waals surface area contributed by atoms with Crippen LogP contribution in [0, 0.1) is 11.3 Å². The van der Waals surface area contributed by atoms with Gasteiger partial charge >= 0.3 is 0 Å². The number of anilines is 2. The molecular weight excluding hydrogens is 450 g/mol. The summed E-state index contributed by atoms with van der Waals surface area (Å²) in [7, 11) is 1.73. The smallest absolute Gasteiger partial charge is 0.134 e. The number of nitrogens with one attached hydrogen (secondary N) is 1. The monoisotopic (exact) mass is 495 g/mol. The zero-order valence-corrected chi connectivity index (χ0v) is 22.9. The summed E-state index contributed by atoms with van der Waals surface area (Å²) in [5, 5.41) is 12.8. The van der Waals surface area contributed by atoms with Crippen molar-refractivity contribution in [1.29, 1.82) is 5.26 Å². The highest BCUT2D eigenvalue weighted by molar-refractivity contribution is 6.04. The van der Waals surface area contributed by atoms with Gasteiger partial charge in [0.1, 0.15) is 17.5 Å². The molecule has 3 N–H and O–H groups in total. The third-order valence-corrected chi connectivity index (χ3v) is 7.89. The van der Waals surface area contributed by atoms with Crippen molar-refractivity contribution in [3.05, 3.63) is 29.3 Å². The van der Waals surface area contributed by atoms with Gasteiger partial charge in [0, 0.05) is 37.2 Å². The molecule has 3 fully saturated rings. The van der Waals surface area contributed by atoms with Crippen LogP contribution < -0.4 is 16.0 Å². The van der Waals surface area contributed by atoms with Crippen molar-refractivity contribution >= 4 is 17.5 Å².